The molecule has 0 bridgehead atoms. The van der Waals surface area contributed by atoms with E-state index in [2.05, 4.69) is 15.3 Å². The Morgan fingerprint density at radius 1 is 1.06 bits per heavy atom. The lowest BCUT2D eigenvalue weighted by atomic mass is 10.0. The van der Waals surface area contributed by atoms with Gasteiger partial charge >= 0.3 is 6.18 Å². The van der Waals surface area contributed by atoms with Gasteiger partial charge < -0.3 is 26.0 Å². The number of aliphatic hydroxyl groups excluding tert-OH is 2. The van der Waals surface area contributed by atoms with Gasteiger partial charge in [-0.2, -0.15) is 13.2 Å². The molecule has 1 saturated heterocycles. The van der Waals surface area contributed by atoms with E-state index in [1.54, 1.807) is 12.1 Å². The van der Waals surface area contributed by atoms with E-state index in [0.717, 1.165) is 17.3 Å². The van der Waals surface area contributed by atoms with Crippen LogP contribution >= 0.6 is 0 Å². The summed E-state index contributed by atoms with van der Waals surface area (Å²) in [6.45, 7) is 0.544. The number of hydrogen-bond acceptors (Lipinski definition) is 7. The van der Waals surface area contributed by atoms with E-state index < -0.39 is 30.2 Å². The lowest BCUT2D eigenvalue weighted by Crippen LogP contribution is -2.49. The number of nitrogen functional groups attached to an aromatic ring is 1. The zero-order chi connectivity index (χ0) is 25.4. The van der Waals surface area contributed by atoms with Crippen molar-refractivity contribution in [2.75, 3.05) is 18.9 Å². The second-order valence-electron chi connectivity index (χ2n) is 7.74. The average Bonchev–Trinajstić information content (AvgIpc) is 2.85. The summed E-state index contributed by atoms with van der Waals surface area (Å²) in [4.78, 5) is 18.5. The molecule has 1 amide bonds. The lowest BCUT2D eigenvalue weighted by Gasteiger charge is -2.32. The number of aromatic nitrogens is 2. The summed E-state index contributed by atoms with van der Waals surface area (Å²) in [5.74, 6) is -0.467. The summed E-state index contributed by atoms with van der Waals surface area (Å²) in [5, 5.41) is 22.2. The number of benzene rings is 2. The minimum absolute atomic E-state index is 0.164. The Kier molecular flexibility index (Phi) is 8.74. The van der Waals surface area contributed by atoms with E-state index in [0.29, 0.717) is 24.8 Å². The third-order valence-electron chi connectivity index (χ3n) is 5.18. The van der Waals surface area contributed by atoms with E-state index >= 15 is 0 Å². The normalized spacial score (nSPS) is 19.9. The number of halogens is 3. The largest absolute Gasteiger partial charge is 0.434 e. The summed E-state index contributed by atoms with van der Waals surface area (Å²) < 4.78 is 40.8. The minimum Gasteiger partial charge on any atom is -0.390 e. The third kappa shape index (κ3) is 7.47. The first-order valence-electron chi connectivity index (χ1n) is 10.7. The van der Waals surface area contributed by atoms with Crippen LogP contribution in [0.25, 0.3) is 11.1 Å². The number of nitrogens with zero attached hydrogens (tertiary/aromatic N) is 2. The summed E-state index contributed by atoms with van der Waals surface area (Å²) in [6, 6.07) is 17.3. The minimum atomic E-state index is -4.47. The number of aliphatic hydroxyl groups is 2. The van der Waals surface area contributed by atoms with E-state index in [9.17, 15) is 28.2 Å². The zero-order valence-corrected chi connectivity index (χ0v) is 18.5. The van der Waals surface area contributed by atoms with Crippen molar-refractivity contribution in [1.29, 1.82) is 0 Å². The molecule has 0 aliphatic carbocycles. The highest BCUT2D eigenvalue weighted by atomic mass is 19.4. The van der Waals surface area contributed by atoms with Gasteiger partial charge in [0.25, 0.3) is 5.91 Å². The van der Waals surface area contributed by atoms with Crippen LogP contribution in [0.15, 0.2) is 67.0 Å². The molecule has 0 saturated carbocycles. The van der Waals surface area contributed by atoms with Gasteiger partial charge in [0.15, 0.2) is 5.69 Å². The first kappa shape index (κ1) is 26.1. The van der Waals surface area contributed by atoms with Crippen molar-refractivity contribution in [3.05, 3.63) is 78.2 Å². The Morgan fingerprint density at radius 3 is 2.31 bits per heavy atom. The molecule has 186 valence electrons. The number of carbonyl (C=O) groups is 1. The predicted molar refractivity (Wildman–Crippen MR) is 122 cm³/mol. The Balaban J connectivity index is 0.000000261. The van der Waals surface area contributed by atoms with Crippen LogP contribution in [0.4, 0.5) is 19.0 Å². The molecule has 8 nitrogen and oxygen atoms in total. The Labute approximate surface area is 199 Å². The number of anilines is 1. The summed E-state index contributed by atoms with van der Waals surface area (Å²) in [6.07, 6.45) is -4.74. The molecule has 0 spiro atoms. The number of amides is 1. The average molecular weight is 490 g/mol. The van der Waals surface area contributed by atoms with Crippen molar-refractivity contribution in [3.8, 4) is 11.1 Å². The van der Waals surface area contributed by atoms with Gasteiger partial charge in [-0.05, 0) is 29.7 Å². The van der Waals surface area contributed by atoms with Crippen LogP contribution in [0.2, 0.25) is 0 Å². The molecule has 3 aromatic rings. The molecular weight excluding hydrogens is 465 g/mol. The fourth-order valence-corrected chi connectivity index (χ4v) is 3.29. The molecule has 4 rings (SSSR count). The maximum Gasteiger partial charge on any atom is 0.434 e. The maximum absolute atomic E-state index is 12.2. The molecule has 2 heterocycles. The van der Waals surface area contributed by atoms with Crippen LogP contribution in [0, 0.1) is 0 Å². The van der Waals surface area contributed by atoms with Gasteiger partial charge in [0.1, 0.15) is 18.0 Å². The molecule has 1 fully saturated rings. The van der Waals surface area contributed by atoms with E-state index in [1.807, 2.05) is 42.5 Å². The number of rotatable bonds is 4. The Bertz CT molecular complexity index is 1100. The molecule has 0 radical (unpaired) electrons. The molecule has 3 unspecified atom stereocenters. The maximum atomic E-state index is 12.2. The van der Waals surface area contributed by atoms with Crippen molar-refractivity contribution in [1.82, 2.24) is 15.3 Å². The lowest BCUT2D eigenvalue weighted by molar-refractivity contribution is -0.141. The van der Waals surface area contributed by atoms with Gasteiger partial charge in [0, 0.05) is 18.7 Å². The molecule has 11 heteroatoms. The second kappa shape index (κ2) is 11.7. The third-order valence-corrected chi connectivity index (χ3v) is 5.18. The first-order chi connectivity index (χ1) is 16.6. The highest BCUT2D eigenvalue weighted by Gasteiger charge is 2.33. The number of nitrogens with two attached hydrogens (primary N) is 1. The molecule has 1 aromatic heterocycles. The van der Waals surface area contributed by atoms with E-state index in [1.165, 1.54) is 0 Å². The van der Waals surface area contributed by atoms with Crippen molar-refractivity contribution in [2.24, 2.45) is 0 Å². The van der Waals surface area contributed by atoms with Crippen molar-refractivity contribution < 1.29 is 32.9 Å². The second-order valence-corrected chi connectivity index (χ2v) is 7.74. The van der Waals surface area contributed by atoms with E-state index in [4.69, 9.17) is 10.5 Å². The topological polar surface area (TPSA) is 131 Å². The van der Waals surface area contributed by atoms with Crippen LogP contribution in [0.3, 0.4) is 0 Å². The molecule has 2 aromatic carbocycles. The van der Waals surface area contributed by atoms with Crippen LogP contribution in [0.5, 0.6) is 0 Å². The molecule has 35 heavy (non-hydrogen) atoms. The summed E-state index contributed by atoms with van der Waals surface area (Å²) in [5.41, 5.74) is 6.59. The van der Waals surface area contributed by atoms with E-state index in [-0.39, 0.29) is 18.3 Å². The van der Waals surface area contributed by atoms with Crippen molar-refractivity contribution in [3.63, 3.8) is 0 Å². The molecule has 3 atom stereocenters. The summed E-state index contributed by atoms with van der Waals surface area (Å²) >= 11 is 0. The van der Waals surface area contributed by atoms with Crippen LogP contribution < -0.4 is 11.1 Å². The fourth-order valence-electron chi connectivity index (χ4n) is 3.29. The zero-order valence-electron chi connectivity index (χ0n) is 18.5. The van der Waals surface area contributed by atoms with Crippen LogP contribution in [-0.2, 0) is 10.9 Å². The predicted octanol–water partition coefficient (Wildman–Crippen LogP) is 2.67. The molecule has 5 N–H and O–H groups in total. The van der Waals surface area contributed by atoms with Crippen molar-refractivity contribution >= 4 is 11.7 Å². The molecule has 1 aliphatic rings. The fraction of sp³-hybridized carbons (Fsp3) is 0.292. The number of hydrogen-bond donors (Lipinski definition) is 4. The standard InChI is InChI=1S/C19H21NO4.C5H4F3N3/c21-16-10-11-24-17(18(16)22)12-20-19(23)15-8-6-14(7-9-15)13-4-2-1-3-5-13;6-5(7,8)3-1-10-2-4(9)11-3/h1-9,16-18,21-22H,10-12H2,(H,20,23);1-2H,(H2,9,11). The number of alkyl halides is 3. The number of nitrogens with one attached hydrogen (secondary N) is 1. The van der Waals surface area contributed by atoms with Gasteiger partial charge in [-0.3, -0.25) is 9.78 Å². The quantitative estimate of drug-likeness (QED) is 0.442. The monoisotopic (exact) mass is 490 g/mol. The molecule has 1 aliphatic heterocycles. The first-order valence-corrected chi connectivity index (χ1v) is 10.7. The smallest absolute Gasteiger partial charge is 0.390 e. The molecular formula is C24H25F3N4O4. The Hall–Kier alpha value is -3.54. The SMILES string of the molecule is Nc1cncc(C(F)(F)F)n1.O=C(NCC1OCCC(O)C1O)c1ccc(-c2ccccc2)cc1. The van der Waals surface area contributed by atoms with Gasteiger partial charge in [-0.15, -0.1) is 0 Å². The van der Waals surface area contributed by atoms with Gasteiger partial charge in [0.2, 0.25) is 0 Å². The highest BCUT2D eigenvalue weighted by molar-refractivity contribution is 5.94. The highest BCUT2D eigenvalue weighted by Crippen LogP contribution is 2.27. The number of ether oxygens (including phenoxy) is 1. The summed E-state index contributed by atoms with van der Waals surface area (Å²) in [7, 11) is 0. The van der Waals surface area contributed by atoms with Gasteiger partial charge in [-0.1, -0.05) is 42.5 Å². The van der Waals surface area contributed by atoms with Crippen LogP contribution in [-0.4, -0.2) is 57.6 Å². The van der Waals surface area contributed by atoms with Crippen molar-refractivity contribution in [2.45, 2.75) is 30.9 Å². The van der Waals surface area contributed by atoms with Crippen LogP contribution in [0.1, 0.15) is 22.5 Å². The van der Waals surface area contributed by atoms with Gasteiger partial charge in [-0.25, -0.2) is 4.98 Å². The number of carbonyl (C=O) groups excluding carboxylic acids is 1. The Morgan fingerprint density at radius 2 is 1.71 bits per heavy atom. The van der Waals surface area contributed by atoms with Gasteiger partial charge in [0.05, 0.1) is 18.5 Å².